The summed E-state index contributed by atoms with van der Waals surface area (Å²) in [5.41, 5.74) is 12.0. The number of nitrogens with two attached hydrogens (primary N) is 2. The highest BCUT2D eigenvalue weighted by molar-refractivity contribution is 4.83. The van der Waals surface area contributed by atoms with Gasteiger partial charge in [0.25, 0.3) is 0 Å². The summed E-state index contributed by atoms with van der Waals surface area (Å²) >= 11 is 0. The van der Waals surface area contributed by atoms with Crippen molar-refractivity contribution in [2.24, 2.45) is 17.4 Å². The average Bonchev–Trinajstić information content (AvgIpc) is 2.13. The molecule has 0 saturated heterocycles. The zero-order chi connectivity index (χ0) is 10.5. The Bertz CT molecular complexity index is 132. The summed E-state index contributed by atoms with van der Waals surface area (Å²) in [6.07, 6.45) is 4.36. The van der Waals surface area contributed by atoms with Crippen LogP contribution in [0.2, 0.25) is 0 Å². The van der Waals surface area contributed by atoms with Crippen LogP contribution >= 0.6 is 0 Å². The third-order valence-electron chi connectivity index (χ3n) is 3.38. The number of rotatable bonds is 6. The monoisotopic (exact) mass is 186 g/mol. The van der Waals surface area contributed by atoms with Crippen LogP contribution in [0.1, 0.15) is 53.4 Å². The van der Waals surface area contributed by atoms with Crippen LogP contribution in [0, 0.1) is 5.92 Å². The van der Waals surface area contributed by atoms with Gasteiger partial charge in [0.1, 0.15) is 0 Å². The zero-order valence-corrected chi connectivity index (χ0v) is 9.64. The van der Waals surface area contributed by atoms with Crippen molar-refractivity contribution in [3.05, 3.63) is 0 Å². The van der Waals surface area contributed by atoms with Crippen LogP contribution < -0.4 is 11.5 Å². The first-order chi connectivity index (χ1) is 5.94. The summed E-state index contributed by atoms with van der Waals surface area (Å²) in [6.45, 7) is 8.65. The molecule has 0 bridgehead atoms. The molecular formula is C11H26N2. The fourth-order valence-corrected chi connectivity index (χ4v) is 1.35. The second-order valence-electron chi connectivity index (χ2n) is 4.51. The van der Waals surface area contributed by atoms with Crippen molar-refractivity contribution in [3.63, 3.8) is 0 Å². The van der Waals surface area contributed by atoms with E-state index < -0.39 is 0 Å². The molecule has 0 spiro atoms. The van der Waals surface area contributed by atoms with Crippen molar-refractivity contribution < 1.29 is 0 Å². The third-order valence-corrected chi connectivity index (χ3v) is 3.38. The van der Waals surface area contributed by atoms with E-state index >= 15 is 0 Å². The molecule has 0 aliphatic heterocycles. The van der Waals surface area contributed by atoms with Crippen LogP contribution in [0.4, 0.5) is 0 Å². The molecule has 0 aromatic carbocycles. The Morgan fingerprint density at radius 3 is 2.15 bits per heavy atom. The minimum absolute atomic E-state index is 0.0204. The Kier molecular flexibility index (Phi) is 5.57. The van der Waals surface area contributed by atoms with Crippen LogP contribution in [0.25, 0.3) is 0 Å². The van der Waals surface area contributed by atoms with Crippen molar-refractivity contribution in [2.45, 2.75) is 65.0 Å². The van der Waals surface area contributed by atoms with Gasteiger partial charge in [-0.1, -0.05) is 20.8 Å². The van der Waals surface area contributed by atoms with Gasteiger partial charge < -0.3 is 11.5 Å². The van der Waals surface area contributed by atoms with Gasteiger partial charge in [-0.3, -0.25) is 0 Å². The largest absolute Gasteiger partial charge is 0.328 e. The van der Waals surface area contributed by atoms with Crippen LogP contribution in [-0.2, 0) is 0 Å². The van der Waals surface area contributed by atoms with Gasteiger partial charge in [-0.25, -0.2) is 0 Å². The van der Waals surface area contributed by atoms with Crippen LogP contribution in [0.5, 0.6) is 0 Å². The third kappa shape index (κ3) is 4.63. The minimum Gasteiger partial charge on any atom is -0.328 e. The van der Waals surface area contributed by atoms with Gasteiger partial charge in [0.05, 0.1) is 0 Å². The van der Waals surface area contributed by atoms with Crippen LogP contribution in [0.15, 0.2) is 0 Å². The molecule has 0 fully saturated rings. The van der Waals surface area contributed by atoms with E-state index in [0.29, 0.717) is 12.0 Å². The molecule has 3 atom stereocenters. The Morgan fingerprint density at radius 1 is 1.23 bits per heavy atom. The van der Waals surface area contributed by atoms with Gasteiger partial charge in [0.15, 0.2) is 0 Å². The molecule has 0 radical (unpaired) electrons. The predicted molar refractivity (Wildman–Crippen MR) is 59.5 cm³/mol. The molecule has 0 aromatic rings. The summed E-state index contributed by atoms with van der Waals surface area (Å²) in [6, 6.07) is 0.357. The van der Waals surface area contributed by atoms with Gasteiger partial charge in [0.2, 0.25) is 0 Å². The fourth-order valence-electron chi connectivity index (χ4n) is 1.35. The van der Waals surface area contributed by atoms with E-state index in [0.717, 1.165) is 25.7 Å². The molecule has 2 heteroatoms. The Labute approximate surface area is 83.1 Å². The summed E-state index contributed by atoms with van der Waals surface area (Å²) in [5, 5.41) is 0. The van der Waals surface area contributed by atoms with E-state index in [1.807, 2.05) is 0 Å². The molecule has 13 heavy (non-hydrogen) atoms. The maximum absolute atomic E-state index is 6.15. The highest BCUT2D eigenvalue weighted by Gasteiger charge is 2.23. The van der Waals surface area contributed by atoms with E-state index in [1.165, 1.54) is 0 Å². The highest BCUT2D eigenvalue weighted by atomic mass is 14.7. The quantitative estimate of drug-likeness (QED) is 0.668. The second kappa shape index (κ2) is 5.61. The Morgan fingerprint density at radius 2 is 1.77 bits per heavy atom. The van der Waals surface area contributed by atoms with Gasteiger partial charge in [-0.2, -0.15) is 0 Å². The smallest absolute Gasteiger partial charge is 0.0149 e. The number of hydrogen-bond acceptors (Lipinski definition) is 2. The lowest BCUT2D eigenvalue weighted by molar-refractivity contribution is 0.278. The summed E-state index contributed by atoms with van der Waals surface area (Å²) in [4.78, 5) is 0. The lowest BCUT2D eigenvalue weighted by Gasteiger charge is -2.31. The Balaban J connectivity index is 3.80. The fraction of sp³-hybridized carbons (Fsp3) is 1.00. The minimum atomic E-state index is -0.0204. The SMILES string of the molecule is CC[C@H](N)CCC(C)[C@](C)(N)CC. The van der Waals surface area contributed by atoms with Gasteiger partial charge in [-0.15, -0.1) is 0 Å². The van der Waals surface area contributed by atoms with Gasteiger partial charge in [0, 0.05) is 11.6 Å². The zero-order valence-electron chi connectivity index (χ0n) is 9.64. The van der Waals surface area contributed by atoms with E-state index in [4.69, 9.17) is 11.5 Å². The van der Waals surface area contributed by atoms with E-state index in [1.54, 1.807) is 0 Å². The Hall–Kier alpha value is -0.0800. The topological polar surface area (TPSA) is 52.0 Å². The summed E-state index contributed by atoms with van der Waals surface area (Å²) in [7, 11) is 0. The first kappa shape index (κ1) is 12.9. The van der Waals surface area contributed by atoms with E-state index in [-0.39, 0.29) is 5.54 Å². The van der Waals surface area contributed by atoms with Crippen molar-refractivity contribution in [2.75, 3.05) is 0 Å². The molecule has 4 N–H and O–H groups in total. The lowest BCUT2D eigenvalue weighted by Crippen LogP contribution is -2.42. The molecule has 0 amide bonds. The van der Waals surface area contributed by atoms with Gasteiger partial charge in [-0.05, 0) is 38.5 Å². The molecule has 0 rings (SSSR count). The molecule has 0 aliphatic rings. The molecule has 0 heterocycles. The van der Waals surface area contributed by atoms with Gasteiger partial charge >= 0.3 is 0 Å². The maximum Gasteiger partial charge on any atom is 0.0149 e. The van der Waals surface area contributed by atoms with Crippen molar-refractivity contribution >= 4 is 0 Å². The molecular weight excluding hydrogens is 160 g/mol. The molecule has 0 aromatic heterocycles. The van der Waals surface area contributed by atoms with Crippen LogP contribution in [0.3, 0.4) is 0 Å². The lowest BCUT2D eigenvalue weighted by atomic mass is 9.82. The highest BCUT2D eigenvalue weighted by Crippen LogP contribution is 2.22. The molecule has 0 aliphatic carbocycles. The maximum atomic E-state index is 6.15. The van der Waals surface area contributed by atoms with E-state index in [9.17, 15) is 0 Å². The predicted octanol–water partition coefficient (Wildman–Crippen LogP) is 2.27. The second-order valence-corrected chi connectivity index (χ2v) is 4.51. The average molecular weight is 186 g/mol. The normalized spacial score (nSPS) is 20.8. The first-order valence-corrected chi connectivity index (χ1v) is 5.48. The summed E-state index contributed by atoms with van der Waals surface area (Å²) in [5.74, 6) is 0.565. The first-order valence-electron chi connectivity index (χ1n) is 5.48. The molecule has 2 nitrogen and oxygen atoms in total. The summed E-state index contributed by atoms with van der Waals surface area (Å²) < 4.78 is 0. The van der Waals surface area contributed by atoms with Crippen LogP contribution in [-0.4, -0.2) is 11.6 Å². The molecule has 80 valence electrons. The van der Waals surface area contributed by atoms with Crippen molar-refractivity contribution in [1.29, 1.82) is 0 Å². The van der Waals surface area contributed by atoms with Crippen molar-refractivity contribution in [3.8, 4) is 0 Å². The molecule has 0 saturated carbocycles. The number of hydrogen-bond donors (Lipinski definition) is 2. The molecule has 1 unspecified atom stereocenters. The standard InChI is InChI=1S/C11H26N2/c1-5-10(12)8-7-9(3)11(4,13)6-2/h9-10H,5-8,12-13H2,1-4H3/t9?,10-,11+/m0/s1. The van der Waals surface area contributed by atoms with Crippen molar-refractivity contribution in [1.82, 2.24) is 0 Å². The van der Waals surface area contributed by atoms with E-state index in [2.05, 4.69) is 27.7 Å².